The first kappa shape index (κ1) is 12.9. The minimum Gasteiger partial charge on any atom is -0.321 e. The van der Waals surface area contributed by atoms with Crippen molar-refractivity contribution in [3.05, 3.63) is 52.8 Å². The van der Waals surface area contributed by atoms with Gasteiger partial charge >= 0.3 is 0 Å². The van der Waals surface area contributed by atoms with Crippen molar-refractivity contribution in [3.8, 4) is 6.07 Å². The molecule has 0 aliphatic carbocycles. The summed E-state index contributed by atoms with van der Waals surface area (Å²) in [5, 5.41) is 11.2. The van der Waals surface area contributed by atoms with E-state index in [1.807, 2.05) is 0 Å². The van der Waals surface area contributed by atoms with E-state index in [0.717, 1.165) is 6.07 Å². The van der Waals surface area contributed by atoms with Crippen molar-refractivity contribution in [2.24, 2.45) is 0 Å². The van der Waals surface area contributed by atoms with Gasteiger partial charge in [-0.15, -0.1) is 0 Å². The molecular weight excluding hydrogens is 271 g/mol. The van der Waals surface area contributed by atoms with E-state index in [9.17, 15) is 9.18 Å². The fourth-order valence-electron chi connectivity index (χ4n) is 1.34. The highest BCUT2D eigenvalue weighted by atomic mass is 35.5. The third-order valence-electron chi connectivity index (χ3n) is 2.18. The van der Waals surface area contributed by atoms with Gasteiger partial charge in [0.1, 0.15) is 22.7 Å². The Kier molecular flexibility index (Phi) is 3.68. The van der Waals surface area contributed by atoms with Crippen LogP contribution in [0.15, 0.2) is 30.6 Å². The van der Waals surface area contributed by atoms with Crippen LogP contribution in [0.1, 0.15) is 16.1 Å². The molecule has 0 bridgehead atoms. The van der Waals surface area contributed by atoms with Gasteiger partial charge < -0.3 is 5.32 Å². The number of nitriles is 1. The van der Waals surface area contributed by atoms with Crippen molar-refractivity contribution in [1.29, 1.82) is 5.26 Å². The molecule has 0 fully saturated rings. The molecule has 94 valence electrons. The van der Waals surface area contributed by atoms with Crippen molar-refractivity contribution >= 4 is 23.2 Å². The second kappa shape index (κ2) is 5.42. The molecule has 1 N–H and O–H groups in total. The van der Waals surface area contributed by atoms with Crippen molar-refractivity contribution in [3.63, 3.8) is 0 Å². The quantitative estimate of drug-likeness (QED) is 0.913. The molecule has 0 saturated heterocycles. The number of anilines is 1. The molecule has 1 aromatic carbocycles. The molecule has 7 heteroatoms. The van der Waals surface area contributed by atoms with Crippen LogP contribution < -0.4 is 5.32 Å². The molecule has 5 nitrogen and oxygen atoms in total. The number of nitrogens with zero attached hydrogens (tertiary/aromatic N) is 3. The summed E-state index contributed by atoms with van der Waals surface area (Å²) >= 11 is 5.61. The fourth-order valence-corrected chi connectivity index (χ4v) is 1.48. The highest BCUT2D eigenvalue weighted by molar-refractivity contribution is 6.29. The van der Waals surface area contributed by atoms with Gasteiger partial charge in [-0.2, -0.15) is 5.26 Å². The zero-order valence-corrected chi connectivity index (χ0v) is 10.1. The molecule has 1 aromatic heterocycles. The fraction of sp³-hybridized carbons (Fsp3) is 0. The third-order valence-corrected chi connectivity index (χ3v) is 2.36. The maximum Gasteiger partial charge on any atom is 0.275 e. The van der Waals surface area contributed by atoms with E-state index in [0.29, 0.717) is 0 Å². The van der Waals surface area contributed by atoms with Crippen LogP contribution in [0, 0.1) is 17.1 Å². The lowest BCUT2D eigenvalue weighted by atomic mass is 10.2. The van der Waals surface area contributed by atoms with Crippen LogP contribution in [0.5, 0.6) is 0 Å². The normalized spacial score (nSPS) is 9.74. The van der Waals surface area contributed by atoms with Crippen LogP contribution >= 0.6 is 11.6 Å². The molecule has 2 rings (SSSR count). The van der Waals surface area contributed by atoms with Gasteiger partial charge in [0.25, 0.3) is 5.91 Å². The Morgan fingerprint density at radius 1 is 1.42 bits per heavy atom. The van der Waals surface area contributed by atoms with Gasteiger partial charge in [0.15, 0.2) is 0 Å². The molecule has 0 unspecified atom stereocenters. The first-order valence-electron chi connectivity index (χ1n) is 5.08. The average molecular weight is 277 g/mol. The maximum absolute atomic E-state index is 13.1. The van der Waals surface area contributed by atoms with Gasteiger partial charge in [-0.1, -0.05) is 11.6 Å². The number of hydrogen-bond donors (Lipinski definition) is 1. The summed E-state index contributed by atoms with van der Waals surface area (Å²) in [5.74, 6) is -1.20. The molecule has 0 atom stereocenters. The van der Waals surface area contributed by atoms with E-state index in [4.69, 9.17) is 16.9 Å². The summed E-state index contributed by atoms with van der Waals surface area (Å²) in [7, 11) is 0. The van der Waals surface area contributed by atoms with Gasteiger partial charge in [-0.3, -0.25) is 9.78 Å². The first-order chi connectivity index (χ1) is 9.10. The number of benzene rings is 1. The summed E-state index contributed by atoms with van der Waals surface area (Å²) in [4.78, 5) is 19.3. The third kappa shape index (κ3) is 3.03. The van der Waals surface area contributed by atoms with E-state index < -0.39 is 11.7 Å². The predicted molar refractivity (Wildman–Crippen MR) is 66.1 cm³/mol. The second-order valence-corrected chi connectivity index (χ2v) is 3.87. The van der Waals surface area contributed by atoms with E-state index in [-0.39, 0.29) is 22.1 Å². The van der Waals surface area contributed by atoms with Gasteiger partial charge in [0.05, 0.1) is 18.0 Å². The maximum atomic E-state index is 13.1. The Hall–Kier alpha value is -2.52. The number of halogens is 2. The SMILES string of the molecule is N#Cc1cc(NC(=O)c2cncc(Cl)n2)ccc1F. The largest absolute Gasteiger partial charge is 0.321 e. The second-order valence-electron chi connectivity index (χ2n) is 3.49. The Labute approximate surface area is 112 Å². The van der Waals surface area contributed by atoms with Crippen LogP contribution in [0.3, 0.4) is 0 Å². The number of carbonyl (C=O) groups excluding carboxylic acids is 1. The van der Waals surface area contributed by atoms with E-state index >= 15 is 0 Å². The molecular formula is C12H6ClFN4O. The van der Waals surface area contributed by atoms with E-state index in [1.54, 1.807) is 6.07 Å². The highest BCUT2D eigenvalue weighted by Gasteiger charge is 2.10. The molecule has 1 heterocycles. The van der Waals surface area contributed by atoms with Crippen LogP contribution in [-0.2, 0) is 0 Å². The minimum atomic E-state index is -0.650. The summed E-state index contributed by atoms with van der Waals surface area (Å²) in [6.45, 7) is 0. The molecule has 0 aliphatic rings. The standard InChI is InChI=1S/C12H6ClFN4O/c13-11-6-16-5-10(18-11)12(19)17-8-1-2-9(14)7(3-8)4-15/h1-3,5-6H,(H,17,19). The van der Waals surface area contributed by atoms with Crippen LogP contribution in [0.4, 0.5) is 10.1 Å². The zero-order valence-electron chi connectivity index (χ0n) is 9.39. The van der Waals surface area contributed by atoms with Crippen LogP contribution in [-0.4, -0.2) is 15.9 Å². The Bertz CT molecular complexity index is 684. The smallest absolute Gasteiger partial charge is 0.275 e. The molecule has 19 heavy (non-hydrogen) atoms. The highest BCUT2D eigenvalue weighted by Crippen LogP contribution is 2.14. The summed E-state index contributed by atoms with van der Waals surface area (Å²) in [5.41, 5.74) is 0.148. The number of rotatable bonds is 2. The van der Waals surface area contributed by atoms with Gasteiger partial charge in [0.2, 0.25) is 0 Å². The molecule has 2 aromatic rings. The summed E-state index contributed by atoms with van der Waals surface area (Å²) < 4.78 is 13.1. The van der Waals surface area contributed by atoms with Gasteiger partial charge in [-0.05, 0) is 18.2 Å². The predicted octanol–water partition coefficient (Wildman–Crippen LogP) is 2.39. The summed E-state index contributed by atoms with van der Waals surface area (Å²) in [6.07, 6.45) is 2.54. The summed E-state index contributed by atoms with van der Waals surface area (Å²) in [6, 6.07) is 5.34. The van der Waals surface area contributed by atoms with E-state index in [1.165, 1.54) is 24.5 Å². The lowest BCUT2D eigenvalue weighted by Crippen LogP contribution is -2.14. The minimum absolute atomic E-state index is 0.0235. The monoisotopic (exact) mass is 276 g/mol. The number of aromatic nitrogens is 2. The van der Waals surface area contributed by atoms with Crippen molar-refractivity contribution in [1.82, 2.24) is 9.97 Å². The van der Waals surface area contributed by atoms with Crippen molar-refractivity contribution in [2.75, 3.05) is 5.32 Å². The Balaban J connectivity index is 2.22. The molecule has 1 amide bonds. The van der Waals surface area contributed by atoms with Gasteiger partial charge in [0, 0.05) is 5.69 Å². The van der Waals surface area contributed by atoms with Gasteiger partial charge in [-0.25, -0.2) is 9.37 Å². The Morgan fingerprint density at radius 2 is 2.21 bits per heavy atom. The van der Waals surface area contributed by atoms with E-state index in [2.05, 4.69) is 15.3 Å². The average Bonchev–Trinajstić information content (AvgIpc) is 2.41. The topological polar surface area (TPSA) is 78.7 Å². The molecule has 0 saturated carbocycles. The van der Waals surface area contributed by atoms with Crippen LogP contribution in [0.2, 0.25) is 5.15 Å². The number of amides is 1. The first-order valence-corrected chi connectivity index (χ1v) is 5.46. The number of hydrogen-bond acceptors (Lipinski definition) is 4. The van der Waals surface area contributed by atoms with Crippen molar-refractivity contribution < 1.29 is 9.18 Å². The molecule has 0 spiro atoms. The lowest BCUT2D eigenvalue weighted by Gasteiger charge is -2.05. The zero-order chi connectivity index (χ0) is 13.8. The molecule has 0 aliphatic heterocycles. The number of carbonyl (C=O) groups is 1. The lowest BCUT2D eigenvalue weighted by molar-refractivity contribution is 0.102. The van der Waals surface area contributed by atoms with Crippen molar-refractivity contribution in [2.45, 2.75) is 0 Å². The molecule has 0 radical (unpaired) electrons. The Morgan fingerprint density at radius 3 is 2.89 bits per heavy atom. The number of nitrogens with one attached hydrogen (secondary N) is 1. The van der Waals surface area contributed by atoms with Crippen LogP contribution in [0.25, 0.3) is 0 Å².